The molecule has 2 N–H and O–H groups in total. The van der Waals surface area contributed by atoms with E-state index in [0.29, 0.717) is 16.8 Å². The molecule has 0 saturated heterocycles. The summed E-state index contributed by atoms with van der Waals surface area (Å²) in [5.74, 6) is -1.41. The van der Waals surface area contributed by atoms with E-state index in [2.05, 4.69) is 31.4 Å². The van der Waals surface area contributed by atoms with E-state index in [4.69, 9.17) is 4.74 Å². The average molecular weight is 439 g/mol. The van der Waals surface area contributed by atoms with Gasteiger partial charge in [0, 0.05) is 30.3 Å². The normalized spacial score (nSPS) is 11.9. The van der Waals surface area contributed by atoms with Crippen LogP contribution in [-0.4, -0.2) is 36.2 Å². The number of amides is 2. The Kier molecular flexibility index (Phi) is 8.29. The summed E-state index contributed by atoms with van der Waals surface area (Å²) in [4.78, 5) is 47.8. The van der Waals surface area contributed by atoms with Crippen molar-refractivity contribution in [3.05, 3.63) is 65.2 Å². The molecule has 0 spiro atoms. The maximum absolute atomic E-state index is 12.4. The molecule has 0 aliphatic rings. The molecular weight excluding hydrogens is 408 g/mol. The number of benzene rings is 2. The van der Waals surface area contributed by atoms with Crippen LogP contribution in [0, 0.1) is 0 Å². The second-order valence-electron chi connectivity index (χ2n) is 8.59. The fourth-order valence-electron chi connectivity index (χ4n) is 2.97. The van der Waals surface area contributed by atoms with Crippen LogP contribution in [-0.2, 0) is 19.7 Å². The lowest BCUT2D eigenvalue weighted by Gasteiger charge is -2.19. The number of hydrogen-bond acceptors (Lipinski definition) is 5. The quantitative estimate of drug-likeness (QED) is 0.481. The van der Waals surface area contributed by atoms with E-state index >= 15 is 0 Å². The zero-order chi connectivity index (χ0) is 23.9. The molecule has 1 unspecified atom stereocenters. The number of ether oxygens (including phenoxy) is 1. The van der Waals surface area contributed by atoms with Crippen LogP contribution in [0.25, 0.3) is 0 Å². The first-order chi connectivity index (χ1) is 15.0. The Balaban J connectivity index is 1.80. The smallest absolute Gasteiger partial charge is 0.308 e. The molecule has 32 heavy (non-hydrogen) atoms. The van der Waals surface area contributed by atoms with Crippen molar-refractivity contribution in [2.45, 2.75) is 52.6 Å². The van der Waals surface area contributed by atoms with Gasteiger partial charge in [-0.15, -0.1) is 0 Å². The lowest BCUT2D eigenvalue weighted by Crippen LogP contribution is -2.29. The number of rotatable bonds is 8. The first-order valence-corrected chi connectivity index (χ1v) is 10.5. The molecule has 0 bridgehead atoms. The molecule has 0 heterocycles. The number of nitrogens with one attached hydrogen (secondary N) is 2. The molecule has 0 aromatic heterocycles. The Labute approximate surface area is 188 Å². The second-order valence-corrected chi connectivity index (χ2v) is 8.59. The largest absolute Gasteiger partial charge is 0.454 e. The van der Waals surface area contributed by atoms with Crippen LogP contribution in [0.5, 0.6) is 0 Å². The fourth-order valence-corrected chi connectivity index (χ4v) is 2.97. The Morgan fingerprint density at radius 2 is 1.47 bits per heavy atom. The molecule has 1 atom stereocenters. The third-order valence-corrected chi connectivity index (χ3v) is 4.80. The molecule has 2 aromatic rings. The van der Waals surface area contributed by atoms with Crippen molar-refractivity contribution in [1.82, 2.24) is 5.32 Å². The lowest BCUT2D eigenvalue weighted by atomic mass is 9.87. The van der Waals surface area contributed by atoms with E-state index in [1.54, 1.807) is 36.4 Å². The molecular formula is C25H30N2O5. The summed E-state index contributed by atoms with van der Waals surface area (Å²) < 4.78 is 5.19. The zero-order valence-electron chi connectivity index (χ0n) is 19.2. The number of Topliss-reactive ketones (excluding diaryl/α,β-unsaturated/α-hetero) is 1. The molecule has 0 saturated carbocycles. The van der Waals surface area contributed by atoms with E-state index in [1.165, 1.54) is 13.8 Å². The number of anilines is 1. The van der Waals surface area contributed by atoms with Crippen molar-refractivity contribution in [3.8, 4) is 0 Å². The maximum atomic E-state index is 12.4. The van der Waals surface area contributed by atoms with Gasteiger partial charge in [-0.05, 0) is 54.3 Å². The summed E-state index contributed by atoms with van der Waals surface area (Å²) >= 11 is 0. The SMILES string of the molecule is CC(=O)Nc1ccc(C(=O)C(C)OC(=O)CCNC(=O)c2ccc(C(C)(C)C)cc2)cc1. The van der Waals surface area contributed by atoms with Crippen LogP contribution in [0.15, 0.2) is 48.5 Å². The summed E-state index contributed by atoms with van der Waals surface area (Å²) in [5.41, 5.74) is 2.58. The van der Waals surface area contributed by atoms with Crippen molar-refractivity contribution in [1.29, 1.82) is 0 Å². The fraction of sp³-hybridized carbons (Fsp3) is 0.360. The standard InChI is InChI=1S/C25H30N2O5/c1-16(23(30)18-8-12-21(13-9-18)27-17(2)28)32-22(29)14-15-26-24(31)19-6-10-20(11-7-19)25(3,4)5/h6-13,16H,14-15H2,1-5H3,(H,26,31)(H,27,28). The Bertz CT molecular complexity index is 973. The third kappa shape index (κ3) is 7.34. The van der Waals surface area contributed by atoms with Crippen LogP contribution in [0.3, 0.4) is 0 Å². The van der Waals surface area contributed by atoms with E-state index in [9.17, 15) is 19.2 Å². The van der Waals surface area contributed by atoms with Gasteiger partial charge in [0.15, 0.2) is 6.10 Å². The van der Waals surface area contributed by atoms with Gasteiger partial charge < -0.3 is 15.4 Å². The molecule has 7 nitrogen and oxygen atoms in total. The van der Waals surface area contributed by atoms with Crippen molar-refractivity contribution >= 4 is 29.3 Å². The number of hydrogen-bond donors (Lipinski definition) is 2. The summed E-state index contributed by atoms with van der Waals surface area (Å²) in [6, 6.07) is 13.7. The Morgan fingerprint density at radius 3 is 2.00 bits per heavy atom. The molecule has 0 aliphatic heterocycles. The predicted molar refractivity (Wildman–Crippen MR) is 123 cm³/mol. The van der Waals surface area contributed by atoms with E-state index in [1.807, 2.05) is 12.1 Å². The second kappa shape index (κ2) is 10.7. The van der Waals surface area contributed by atoms with Crippen molar-refractivity contribution in [3.63, 3.8) is 0 Å². The number of carbonyl (C=O) groups is 4. The summed E-state index contributed by atoms with van der Waals surface area (Å²) in [6.07, 6.45) is -1.01. The topological polar surface area (TPSA) is 102 Å². The summed E-state index contributed by atoms with van der Waals surface area (Å²) in [5, 5.41) is 5.30. The van der Waals surface area contributed by atoms with Gasteiger partial charge >= 0.3 is 5.97 Å². The van der Waals surface area contributed by atoms with Crippen LogP contribution < -0.4 is 10.6 Å². The van der Waals surface area contributed by atoms with Crippen LogP contribution >= 0.6 is 0 Å². The molecule has 0 fully saturated rings. The lowest BCUT2D eigenvalue weighted by molar-refractivity contribution is -0.146. The Morgan fingerprint density at radius 1 is 0.906 bits per heavy atom. The van der Waals surface area contributed by atoms with Crippen LogP contribution in [0.4, 0.5) is 5.69 Å². The number of ketones is 1. The van der Waals surface area contributed by atoms with E-state index in [0.717, 1.165) is 5.56 Å². The first kappa shape index (κ1) is 24.8. The molecule has 2 rings (SSSR count). The third-order valence-electron chi connectivity index (χ3n) is 4.80. The van der Waals surface area contributed by atoms with Gasteiger partial charge in [-0.3, -0.25) is 19.2 Å². The maximum Gasteiger partial charge on any atom is 0.308 e. The highest BCUT2D eigenvalue weighted by Gasteiger charge is 2.20. The minimum absolute atomic E-state index is 0.000369. The van der Waals surface area contributed by atoms with Crippen molar-refractivity contribution in [2.75, 3.05) is 11.9 Å². The predicted octanol–water partition coefficient (Wildman–Crippen LogP) is 3.88. The molecule has 7 heteroatoms. The first-order valence-electron chi connectivity index (χ1n) is 10.5. The van der Waals surface area contributed by atoms with Gasteiger partial charge in [0.05, 0.1) is 6.42 Å². The van der Waals surface area contributed by atoms with Crippen LogP contribution in [0.1, 0.15) is 67.3 Å². The minimum Gasteiger partial charge on any atom is -0.454 e. The van der Waals surface area contributed by atoms with E-state index < -0.39 is 12.1 Å². The van der Waals surface area contributed by atoms with Gasteiger partial charge in [0.2, 0.25) is 11.7 Å². The average Bonchev–Trinajstić information content (AvgIpc) is 2.72. The summed E-state index contributed by atoms with van der Waals surface area (Å²) in [6.45, 7) is 9.29. The van der Waals surface area contributed by atoms with Crippen molar-refractivity contribution < 1.29 is 23.9 Å². The molecule has 2 amide bonds. The highest BCUT2D eigenvalue weighted by molar-refractivity contribution is 6.00. The number of carbonyl (C=O) groups excluding carboxylic acids is 4. The highest BCUT2D eigenvalue weighted by atomic mass is 16.5. The summed E-state index contributed by atoms with van der Waals surface area (Å²) in [7, 11) is 0. The van der Waals surface area contributed by atoms with Crippen molar-refractivity contribution in [2.24, 2.45) is 0 Å². The molecule has 170 valence electrons. The zero-order valence-corrected chi connectivity index (χ0v) is 19.2. The van der Waals surface area contributed by atoms with Gasteiger partial charge in [-0.2, -0.15) is 0 Å². The van der Waals surface area contributed by atoms with Gasteiger partial charge in [0.25, 0.3) is 5.91 Å². The van der Waals surface area contributed by atoms with Gasteiger partial charge in [-0.25, -0.2) is 0 Å². The van der Waals surface area contributed by atoms with Crippen LogP contribution in [0.2, 0.25) is 0 Å². The monoisotopic (exact) mass is 438 g/mol. The van der Waals surface area contributed by atoms with Gasteiger partial charge in [-0.1, -0.05) is 32.9 Å². The Hall–Kier alpha value is -3.48. The minimum atomic E-state index is -0.963. The molecule has 0 radical (unpaired) electrons. The number of esters is 1. The molecule has 0 aliphatic carbocycles. The molecule has 2 aromatic carbocycles. The van der Waals surface area contributed by atoms with Gasteiger partial charge in [0.1, 0.15) is 0 Å². The highest BCUT2D eigenvalue weighted by Crippen LogP contribution is 2.22. The van der Waals surface area contributed by atoms with E-state index in [-0.39, 0.29) is 36.0 Å².